The topological polar surface area (TPSA) is 103 Å². The highest BCUT2D eigenvalue weighted by molar-refractivity contribution is 5.96. The van der Waals surface area contributed by atoms with Crippen molar-refractivity contribution in [2.45, 2.75) is 45.7 Å². The molecular weight excluding hydrogens is 515 g/mol. The number of hydrogen-bond donors (Lipinski definition) is 2. The molecule has 0 radical (unpaired) electrons. The monoisotopic (exact) mass is 545 g/mol. The molecule has 4 rings (SSSR count). The van der Waals surface area contributed by atoms with Crippen LogP contribution >= 0.6 is 0 Å². The van der Waals surface area contributed by atoms with E-state index in [1.807, 2.05) is 39.1 Å². The molecule has 0 saturated heterocycles. The quantitative estimate of drug-likeness (QED) is 0.478. The summed E-state index contributed by atoms with van der Waals surface area (Å²) in [6.07, 6.45) is -5.08. The van der Waals surface area contributed by atoms with E-state index in [0.29, 0.717) is 26.2 Å². The lowest BCUT2D eigenvalue weighted by molar-refractivity contribution is -0.192. The summed E-state index contributed by atoms with van der Waals surface area (Å²) in [4.78, 5) is 38.0. The largest absolute Gasteiger partial charge is 0.503 e. The molecule has 0 unspecified atom stereocenters. The Kier molecular flexibility index (Phi) is 9.18. The van der Waals surface area contributed by atoms with Crippen LogP contribution in [0.15, 0.2) is 65.5 Å². The Bertz CT molecular complexity index is 1370. The summed E-state index contributed by atoms with van der Waals surface area (Å²) in [5, 5.41) is 17.5. The molecule has 1 amide bonds. The van der Waals surface area contributed by atoms with Crippen LogP contribution < -0.4 is 5.43 Å². The van der Waals surface area contributed by atoms with E-state index in [1.165, 1.54) is 17.2 Å². The number of hydrogen-bond acceptors (Lipinski definition) is 5. The molecule has 0 bridgehead atoms. The van der Waals surface area contributed by atoms with Gasteiger partial charge in [0.05, 0.1) is 0 Å². The van der Waals surface area contributed by atoms with Gasteiger partial charge in [-0.1, -0.05) is 54.6 Å². The molecule has 0 fully saturated rings. The second kappa shape index (κ2) is 12.2. The number of carboxylic acid groups (broad SMARTS) is 1. The number of alkyl halides is 3. The Labute approximate surface area is 223 Å². The predicted octanol–water partition coefficient (Wildman–Crippen LogP) is 4.35. The van der Waals surface area contributed by atoms with Gasteiger partial charge in [0.2, 0.25) is 5.43 Å². The molecule has 2 N–H and O–H groups in total. The number of carbonyl (C=O) groups is 2. The molecule has 1 aliphatic heterocycles. The lowest BCUT2D eigenvalue weighted by Crippen LogP contribution is -2.46. The molecule has 1 aliphatic rings. The molecule has 2 aromatic carbocycles. The Morgan fingerprint density at radius 2 is 1.54 bits per heavy atom. The van der Waals surface area contributed by atoms with Crippen molar-refractivity contribution in [1.29, 1.82) is 0 Å². The minimum absolute atomic E-state index is 0.0101. The van der Waals surface area contributed by atoms with Crippen molar-refractivity contribution >= 4 is 11.9 Å². The first-order valence-electron chi connectivity index (χ1n) is 12.2. The SMILES string of the molecule is CC(C)N1CCn2c(CN(C)Cc3ccc(-c4ccccc4)cc3)cc(=O)c(O)c2C1=O.O=C(O)C(F)(F)F. The molecule has 0 aliphatic carbocycles. The highest BCUT2D eigenvalue weighted by atomic mass is 19.4. The van der Waals surface area contributed by atoms with Gasteiger partial charge >= 0.3 is 12.1 Å². The average Bonchev–Trinajstić information content (AvgIpc) is 2.87. The van der Waals surface area contributed by atoms with E-state index in [-0.39, 0.29) is 17.6 Å². The summed E-state index contributed by atoms with van der Waals surface area (Å²) in [7, 11) is 1.99. The summed E-state index contributed by atoms with van der Waals surface area (Å²) in [5.41, 5.74) is 3.85. The number of pyridine rings is 1. The van der Waals surface area contributed by atoms with Gasteiger partial charge in [0.25, 0.3) is 5.91 Å². The maximum atomic E-state index is 12.9. The van der Waals surface area contributed by atoms with E-state index < -0.39 is 23.3 Å². The van der Waals surface area contributed by atoms with Gasteiger partial charge < -0.3 is 19.7 Å². The smallest absolute Gasteiger partial charge is 0.490 e. The van der Waals surface area contributed by atoms with Crippen LogP contribution in [-0.4, -0.2) is 62.3 Å². The van der Waals surface area contributed by atoms with Crippen molar-refractivity contribution in [3.8, 4) is 16.9 Å². The van der Waals surface area contributed by atoms with Crippen molar-refractivity contribution in [2.24, 2.45) is 0 Å². The minimum atomic E-state index is -5.08. The van der Waals surface area contributed by atoms with Crippen molar-refractivity contribution in [3.63, 3.8) is 0 Å². The van der Waals surface area contributed by atoms with Gasteiger partial charge in [-0.15, -0.1) is 0 Å². The Balaban J connectivity index is 0.000000532. The molecule has 8 nitrogen and oxygen atoms in total. The predicted molar refractivity (Wildman–Crippen MR) is 139 cm³/mol. The fourth-order valence-electron chi connectivity index (χ4n) is 4.30. The Hall–Kier alpha value is -4.12. The highest BCUT2D eigenvalue weighted by Crippen LogP contribution is 2.24. The number of nitrogens with zero attached hydrogens (tertiary/aromatic N) is 3. The number of carbonyl (C=O) groups excluding carboxylic acids is 1. The molecule has 11 heteroatoms. The van der Waals surface area contributed by atoms with E-state index in [4.69, 9.17) is 9.90 Å². The molecule has 0 saturated carbocycles. The van der Waals surface area contributed by atoms with Crippen LogP contribution in [0.4, 0.5) is 13.2 Å². The number of aromatic nitrogens is 1. The number of amides is 1. The van der Waals surface area contributed by atoms with Crippen molar-refractivity contribution < 1.29 is 33.0 Å². The first-order chi connectivity index (χ1) is 18.3. The summed E-state index contributed by atoms with van der Waals surface area (Å²) < 4.78 is 33.5. The lowest BCUT2D eigenvalue weighted by Gasteiger charge is -2.34. The third kappa shape index (κ3) is 7.26. The second-order valence-corrected chi connectivity index (χ2v) is 9.48. The maximum absolute atomic E-state index is 12.9. The number of aromatic hydroxyl groups is 1. The second-order valence-electron chi connectivity index (χ2n) is 9.48. The van der Waals surface area contributed by atoms with Gasteiger partial charge in [-0.05, 0) is 37.6 Å². The molecular formula is C28H30F3N3O5. The number of benzene rings is 2. The normalized spacial score (nSPS) is 13.2. The van der Waals surface area contributed by atoms with Crippen LogP contribution in [0, 0.1) is 0 Å². The van der Waals surface area contributed by atoms with Crippen molar-refractivity contribution in [1.82, 2.24) is 14.4 Å². The fraction of sp³-hybridized carbons (Fsp3) is 0.321. The van der Waals surface area contributed by atoms with E-state index >= 15 is 0 Å². The lowest BCUT2D eigenvalue weighted by atomic mass is 10.0. The number of fused-ring (bicyclic) bond motifs is 1. The molecule has 208 valence electrons. The standard InChI is InChI=1S/C26H29N3O3.C2HF3O2/c1-18(2)28-13-14-29-22(15-23(30)25(31)24(29)26(28)32)17-27(3)16-19-9-11-21(12-10-19)20-7-5-4-6-8-20;3-2(4,5)1(6)7/h4-12,15,18,31H,13-14,16-17H2,1-3H3;(H,6,7). The summed E-state index contributed by atoms with van der Waals surface area (Å²) in [5.74, 6) is -3.50. The van der Waals surface area contributed by atoms with E-state index in [9.17, 15) is 27.9 Å². The molecule has 3 aromatic rings. The molecule has 0 spiro atoms. The van der Waals surface area contributed by atoms with E-state index in [2.05, 4.69) is 41.3 Å². The van der Waals surface area contributed by atoms with Crippen LogP contribution in [0.2, 0.25) is 0 Å². The molecule has 0 atom stereocenters. The molecule has 2 heterocycles. The first-order valence-corrected chi connectivity index (χ1v) is 12.2. The molecule has 39 heavy (non-hydrogen) atoms. The zero-order valence-corrected chi connectivity index (χ0v) is 21.8. The third-order valence-corrected chi connectivity index (χ3v) is 6.21. The van der Waals surface area contributed by atoms with E-state index in [1.54, 1.807) is 9.47 Å². The zero-order valence-electron chi connectivity index (χ0n) is 21.8. The van der Waals surface area contributed by atoms with Crippen LogP contribution in [0.5, 0.6) is 5.75 Å². The van der Waals surface area contributed by atoms with Crippen LogP contribution in [-0.2, 0) is 24.4 Å². The van der Waals surface area contributed by atoms with Crippen molar-refractivity contribution in [3.05, 3.63) is 87.8 Å². The Morgan fingerprint density at radius 1 is 0.974 bits per heavy atom. The minimum Gasteiger partial charge on any atom is -0.503 e. The van der Waals surface area contributed by atoms with E-state index in [0.717, 1.165) is 11.3 Å². The van der Waals surface area contributed by atoms with Crippen LogP contribution in [0.25, 0.3) is 11.1 Å². The van der Waals surface area contributed by atoms with Crippen molar-refractivity contribution in [2.75, 3.05) is 13.6 Å². The van der Waals surface area contributed by atoms with Gasteiger partial charge in [-0.25, -0.2) is 4.79 Å². The van der Waals surface area contributed by atoms with Gasteiger partial charge in [0.1, 0.15) is 0 Å². The number of aliphatic carboxylic acids is 1. The van der Waals surface area contributed by atoms with Gasteiger partial charge in [-0.2, -0.15) is 13.2 Å². The summed E-state index contributed by atoms with van der Waals surface area (Å²) in [6.45, 7) is 6.18. The number of halogens is 3. The van der Waals surface area contributed by atoms with Gasteiger partial charge in [0, 0.05) is 44.0 Å². The average molecular weight is 546 g/mol. The summed E-state index contributed by atoms with van der Waals surface area (Å²) >= 11 is 0. The fourth-order valence-corrected chi connectivity index (χ4v) is 4.30. The highest BCUT2D eigenvalue weighted by Gasteiger charge is 2.38. The van der Waals surface area contributed by atoms with Gasteiger partial charge in [-0.3, -0.25) is 14.5 Å². The maximum Gasteiger partial charge on any atom is 0.490 e. The number of carboxylic acids is 1. The van der Waals surface area contributed by atoms with Crippen LogP contribution in [0.3, 0.4) is 0 Å². The Morgan fingerprint density at radius 3 is 2.08 bits per heavy atom. The zero-order chi connectivity index (χ0) is 28.9. The van der Waals surface area contributed by atoms with Crippen LogP contribution in [0.1, 0.15) is 35.6 Å². The summed E-state index contributed by atoms with van der Waals surface area (Å²) in [6, 6.07) is 20.2. The molecule has 1 aromatic heterocycles. The van der Waals surface area contributed by atoms with Gasteiger partial charge in [0.15, 0.2) is 11.4 Å². The first kappa shape index (κ1) is 29.4. The third-order valence-electron chi connectivity index (χ3n) is 6.21. The number of rotatable bonds is 6.